The van der Waals surface area contributed by atoms with Crippen LogP contribution in [-0.4, -0.2) is 22.2 Å². The van der Waals surface area contributed by atoms with Gasteiger partial charge in [-0.25, -0.2) is 0 Å². The van der Waals surface area contributed by atoms with Crippen molar-refractivity contribution in [3.05, 3.63) is 0 Å². The fourth-order valence-corrected chi connectivity index (χ4v) is 2.22. The molecular weight excluding hydrogens is 216 g/mol. The number of carbonyl (C=O) groups is 1. The molecule has 0 aromatic carbocycles. The molecule has 5 N–H and O–H groups in total. The Kier molecular flexibility index (Phi) is 6.13. The van der Waals surface area contributed by atoms with Crippen LogP contribution in [0.25, 0.3) is 0 Å². The number of aliphatic carboxylic acids is 1. The zero-order valence-electron chi connectivity index (χ0n) is 11.6. The molecule has 0 saturated carbocycles. The lowest BCUT2D eigenvalue weighted by molar-refractivity contribution is -0.145. The molecule has 17 heavy (non-hydrogen) atoms. The van der Waals surface area contributed by atoms with Crippen molar-refractivity contribution in [1.82, 2.24) is 0 Å². The van der Waals surface area contributed by atoms with Gasteiger partial charge in [0.05, 0.1) is 5.92 Å². The Morgan fingerprint density at radius 1 is 1.06 bits per heavy atom. The SMILES string of the molecule is CCC(N)(CC)CC(C(=O)O)C(N)(CC)CC. The van der Waals surface area contributed by atoms with Crippen molar-refractivity contribution in [2.75, 3.05) is 0 Å². The van der Waals surface area contributed by atoms with Gasteiger partial charge < -0.3 is 16.6 Å². The fraction of sp³-hybridized carbons (Fsp3) is 0.923. The Balaban J connectivity index is 5.06. The van der Waals surface area contributed by atoms with Gasteiger partial charge >= 0.3 is 5.97 Å². The smallest absolute Gasteiger partial charge is 0.308 e. The molecule has 4 nitrogen and oxygen atoms in total. The van der Waals surface area contributed by atoms with E-state index in [1.54, 1.807) is 0 Å². The third-order valence-corrected chi connectivity index (χ3v) is 4.33. The highest BCUT2D eigenvalue weighted by Crippen LogP contribution is 2.32. The third-order valence-electron chi connectivity index (χ3n) is 4.33. The summed E-state index contributed by atoms with van der Waals surface area (Å²) >= 11 is 0. The van der Waals surface area contributed by atoms with Gasteiger partial charge in [0.15, 0.2) is 0 Å². The van der Waals surface area contributed by atoms with Gasteiger partial charge in [0.25, 0.3) is 0 Å². The molecule has 1 atom stereocenters. The fourth-order valence-electron chi connectivity index (χ4n) is 2.22. The average molecular weight is 244 g/mol. The molecule has 0 aliphatic heterocycles. The van der Waals surface area contributed by atoms with E-state index in [1.807, 2.05) is 27.7 Å². The van der Waals surface area contributed by atoms with Crippen LogP contribution in [-0.2, 0) is 4.79 Å². The van der Waals surface area contributed by atoms with Gasteiger partial charge in [0.1, 0.15) is 0 Å². The number of carboxylic acids is 1. The highest BCUT2D eigenvalue weighted by atomic mass is 16.4. The van der Waals surface area contributed by atoms with Crippen molar-refractivity contribution < 1.29 is 9.90 Å². The van der Waals surface area contributed by atoms with Crippen LogP contribution in [0.5, 0.6) is 0 Å². The molecule has 0 spiro atoms. The molecule has 0 saturated heterocycles. The normalized spacial score (nSPS) is 14.7. The predicted octanol–water partition coefficient (Wildman–Crippen LogP) is 2.11. The quantitative estimate of drug-likeness (QED) is 0.610. The first-order chi connectivity index (χ1) is 7.78. The van der Waals surface area contributed by atoms with Crippen molar-refractivity contribution >= 4 is 5.97 Å². The summed E-state index contributed by atoms with van der Waals surface area (Å²) in [4.78, 5) is 11.4. The van der Waals surface area contributed by atoms with Gasteiger partial charge in [0.2, 0.25) is 0 Å². The number of carboxylic acid groups (broad SMARTS) is 1. The minimum atomic E-state index is -0.826. The van der Waals surface area contributed by atoms with E-state index in [2.05, 4.69) is 0 Å². The van der Waals surface area contributed by atoms with Crippen LogP contribution < -0.4 is 11.5 Å². The molecule has 0 aliphatic carbocycles. The van der Waals surface area contributed by atoms with E-state index in [0.29, 0.717) is 19.3 Å². The Morgan fingerprint density at radius 2 is 1.47 bits per heavy atom. The van der Waals surface area contributed by atoms with Crippen molar-refractivity contribution in [2.24, 2.45) is 17.4 Å². The van der Waals surface area contributed by atoms with Crippen LogP contribution in [0.1, 0.15) is 59.8 Å². The van der Waals surface area contributed by atoms with E-state index in [0.717, 1.165) is 12.8 Å². The van der Waals surface area contributed by atoms with Crippen molar-refractivity contribution in [3.63, 3.8) is 0 Å². The molecule has 0 aromatic heterocycles. The first kappa shape index (κ1) is 16.4. The molecule has 0 heterocycles. The second-order valence-corrected chi connectivity index (χ2v) is 5.10. The zero-order valence-corrected chi connectivity index (χ0v) is 11.6. The lowest BCUT2D eigenvalue weighted by atomic mass is 9.72. The van der Waals surface area contributed by atoms with Crippen LogP contribution >= 0.6 is 0 Å². The van der Waals surface area contributed by atoms with E-state index in [1.165, 1.54) is 0 Å². The Labute approximate surface area is 105 Å². The van der Waals surface area contributed by atoms with Crippen LogP contribution in [0, 0.1) is 5.92 Å². The molecule has 0 bridgehead atoms. The standard InChI is InChI=1S/C13H28N2O2/c1-5-12(14,6-2)9-10(11(16)17)13(15,7-3)8-4/h10H,5-9,14-15H2,1-4H3,(H,16,17). The van der Waals surface area contributed by atoms with Crippen molar-refractivity contribution in [1.29, 1.82) is 0 Å². The van der Waals surface area contributed by atoms with Gasteiger partial charge in [0, 0.05) is 11.1 Å². The molecule has 4 heteroatoms. The Bertz CT molecular complexity index is 246. The first-order valence-corrected chi connectivity index (χ1v) is 6.59. The largest absolute Gasteiger partial charge is 0.481 e. The maximum absolute atomic E-state index is 11.4. The molecule has 102 valence electrons. The molecular formula is C13H28N2O2. The monoisotopic (exact) mass is 244 g/mol. The predicted molar refractivity (Wildman–Crippen MR) is 70.7 cm³/mol. The summed E-state index contributed by atoms with van der Waals surface area (Å²) in [5.41, 5.74) is 11.4. The van der Waals surface area contributed by atoms with E-state index in [4.69, 9.17) is 11.5 Å². The second-order valence-electron chi connectivity index (χ2n) is 5.10. The highest BCUT2D eigenvalue weighted by Gasteiger charge is 2.41. The molecule has 0 radical (unpaired) electrons. The van der Waals surface area contributed by atoms with Gasteiger partial charge in [-0.05, 0) is 32.1 Å². The van der Waals surface area contributed by atoms with Gasteiger partial charge in [-0.1, -0.05) is 27.7 Å². The topological polar surface area (TPSA) is 89.3 Å². The number of nitrogens with two attached hydrogens (primary N) is 2. The van der Waals surface area contributed by atoms with Gasteiger partial charge in [-0.3, -0.25) is 4.79 Å². The molecule has 0 aromatic rings. The first-order valence-electron chi connectivity index (χ1n) is 6.59. The summed E-state index contributed by atoms with van der Waals surface area (Å²) in [7, 11) is 0. The van der Waals surface area contributed by atoms with E-state index in [-0.39, 0.29) is 0 Å². The highest BCUT2D eigenvalue weighted by molar-refractivity contribution is 5.72. The van der Waals surface area contributed by atoms with Crippen LogP contribution in [0.15, 0.2) is 0 Å². The van der Waals surface area contributed by atoms with Crippen molar-refractivity contribution in [2.45, 2.75) is 70.9 Å². The maximum Gasteiger partial charge on any atom is 0.308 e. The maximum atomic E-state index is 11.4. The zero-order chi connectivity index (χ0) is 13.7. The number of rotatable bonds is 8. The van der Waals surface area contributed by atoms with Crippen LogP contribution in [0.3, 0.4) is 0 Å². The minimum absolute atomic E-state index is 0.419. The number of hydrogen-bond donors (Lipinski definition) is 3. The number of hydrogen-bond acceptors (Lipinski definition) is 3. The van der Waals surface area contributed by atoms with Crippen LogP contribution in [0.2, 0.25) is 0 Å². The molecule has 0 amide bonds. The van der Waals surface area contributed by atoms with E-state index in [9.17, 15) is 9.90 Å². The van der Waals surface area contributed by atoms with Crippen LogP contribution in [0.4, 0.5) is 0 Å². The summed E-state index contributed by atoms with van der Waals surface area (Å²) in [6.45, 7) is 7.88. The van der Waals surface area contributed by atoms with E-state index < -0.39 is 23.0 Å². The summed E-state index contributed by atoms with van der Waals surface area (Å²) < 4.78 is 0. The van der Waals surface area contributed by atoms with Gasteiger partial charge in [-0.15, -0.1) is 0 Å². The lowest BCUT2D eigenvalue weighted by Crippen LogP contribution is -2.54. The summed E-state index contributed by atoms with van der Waals surface area (Å²) in [6, 6.07) is 0. The molecule has 0 rings (SSSR count). The van der Waals surface area contributed by atoms with Gasteiger partial charge in [-0.2, -0.15) is 0 Å². The summed E-state index contributed by atoms with van der Waals surface area (Å²) in [5, 5.41) is 9.39. The van der Waals surface area contributed by atoms with E-state index >= 15 is 0 Å². The summed E-state index contributed by atoms with van der Waals surface area (Å²) in [5.74, 6) is -1.39. The average Bonchev–Trinajstić information content (AvgIpc) is 2.34. The Hall–Kier alpha value is -0.610. The Morgan fingerprint density at radius 3 is 1.71 bits per heavy atom. The second kappa shape index (κ2) is 6.36. The third kappa shape index (κ3) is 3.96. The minimum Gasteiger partial charge on any atom is -0.481 e. The lowest BCUT2D eigenvalue weighted by Gasteiger charge is -2.38. The molecule has 0 fully saturated rings. The molecule has 1 unspecified atom stereocenters. The molecule has 0 aliphatic rings. The van der Waals surface area contributed by atoms with Crippen molar-refractivity contribution in [3.8, 4) is 0 Å². The summed E-state index contributed by atoms with van der Waals surface area (Å²) in [6.07, 6.45) is 3.31.